The van der Waals surface area contributed by atoms with Crippen molar-refractivity contribution in [3.05, 3.63) is 64.2 Å². The Morgan fingerprint density at radius 2 is 1.97 bits per heavy atom. The molecule has 0 atom stereocenters. The van der Waals surface area contributed by atoms with Crippen LogP contribution in [0.3, 0.4) is 0 Å². The number of barbiturate groups is 1. The van der Waals surface area contributed by atoms with Gasteiger partial charge in [0.1, 0.15) is 17.9 Å². The number of amides is 4. The normalized spacial score (nSPS) is 15.3. The van der Waals surface area contributed by atoms with E-state index in [1.54, 1.807) is 30.3 Å². The fourth-order valence-corrected chi connectivity index (χ4v) is 3.16. The fourth-order valence-electron chi connectivity index (χ4n) is 2.91. The molecule has 0 spiro atoms. The first-order chi connectivity index (χ1) is 14.0. The number of carbonyl (C=O) groups excluding carboxylic acids is 3. The van der Waals surface area contributed by atoms with E-state index in [9.17, 15) is 14.4 Å². The molecule has 4 amide bonds. The van der Waals surface area contributed by atoms with Gasteiger partial charge in [0.15, 0.2) is 0 Å². The second-order valence-corrected chi connectivity index (χ2v) is 6.53. The van der Waals surface area contributed by atoms with Crippen molar-refractivity contribution in [3.63, 3.8) is 0 Å². The van der Waals surface area contributed by atoms with Crippen LogP contribution in [-0.4, -0.2) is 24.5 Å². The van der Waals surface area contributed by atoms with Crippen LogP contribution in [0.5, 0.6) is 5.75 Å². The zero-order valence-electron chi connectivity index (χ0n) is 15.6. The van der Waals surface area contributed by atoms with Crippen molar-refractivity contribution in [3.8, 4) is 18.1 Å². The lowest BCUT2D eigenvalue weighted by Gasteiger charge is -2.28. The number of imide groups is 2. The van der Waals surface area contributed by atoms with Gasteiger partial charge in [-0.15, -0.1) is 6.42 Å². The molecule has 1 N–H and O–H groups in total. The molecule has 0 saturated carbocycles. The second-order valence-electron chi connectivity index (χ2n) is 6.12. The van der Waals surface area contributed by atoms with Crippen molar-refractivity contribution in [1.82, 2.24) is 5.32 Å². The highest BCUT2D eigenvalue weighted by Gasteiger charge is 2.37. The van der Waals surface area contributed by atoms with Gasteiger partial charge in [-0.2, -0.15) is 0 Å². The second kappa shape index (κ2) is 8.63. The van der Waals surface area contributed by atoms with E-state index in [0.717, 1.165) is 10.5 Å². The molecule has 6 nitrogen and oxygen atoms in total. The summed E-state index contributed by atoms with van der Waals surface area (Å²) >= 11 is 6.17. The molecule has 1 fully saturated rings. The van der Waals surface area contributed by atoms with Crippen LogP contribution in [-0.2, 0) is 16.0 Å². The Morgan fingerprint density at radius 1 is 1.21 bits per heavy atom. The predicted octanol–water partition coefficient (Wildman–Crippen LogP) is 3.58. The van der Waals surface area contributed by atoms with E-state index in [4.69, 9.17) is 22.8 Å². The monoisotopic (exact) mass is 408 g/mol. The number of nitrogens with zero attached hydrogens (tertiary/aromatic N) is 1. The highest BCUT2D eigenvalue weighted by molar-refractivity contribution is 6.39. The van der Waals surface area contributed by atoms with E-state index in [0.29, 0.717) is 23.4 Å². The third-order valence-electron chi connectivity index (χ3n) is 4.29. The molecular formula is C22H17ClN2O4. The molecule has 1 aliphatic heterocycles. The summed E-state index contributed by atoms with van der Waals surface area (Å²) < 4.78 is 5.30. The molecule has 0 aromatic heterocycles. The number of rotatable bonds is 5. The lowest BCUT2D eigenvalue weighted by atomic mass is 10.0. The number of hydrogen-bond acceptors (Lipinski definition) is 4. The van der Waals surface area contributed by atoms with Crippen LogP contribution in [0.4, 0.5) is 10.5 Å². The number of ether oxygens (including phenoxy) is 1. The number of urea groups is 1. The highest BCUT2D eigenvalue weighted by Crippen LogP contribution is 2.28. The lowest BCUT2D eigenvalue weighted by molar-refractivity contribution is -0.122. The van der Waals surface area contributed by atoms with Crippen molar-refractivity contribution in [2.75, 3.05) is 11.5 Å². The maximum Gasteiger partial charge on any atom is 0.335 e. The number of terminal acetylenes is 1. The predicted molar refractivity (Wildman–Crippen MR) is 111 cm³/mol. The average Bonchev–Trinajstić information content (AvgIpc) is 2.70. The van der Waals surface area contributed by atoms with Crippen molar-refractivity contribution >= 4 is 41.2 Å². The number of halogens is 1. The Hall–Kier alpha value is -3.56. The topological polar surface area (TPSA) is 75.7 Å². The number of anilines is 1. The standard InChI is InChI=1S/C22H17ClN2O4/c1-3-11-29-19-10-9-14(13-17(19)23)12-16-20(26)24-22(28)25(21(16)27)18-8-6-5-7-15(18)4-2/h1,5-10,12-13H,4,11H2,2H3,(H,24,26,28)/b16-12-. The SMILES string of the molecule is C#CCOc1ccc(/C=C2/C(=O)NC(=O)N(c3ccccc3CC)C2=O)cc1Cl. The summed E-state index contributed by atoms with van der Waals surface area (Å²) in [4.78, 5) is 38.7. The van der Waals surface area contributed by atoms with Crippen molar-refractivity contribution in [2.45, 2.75) is 13.3 Å². The minimum atomic E-state index is -0.783. The van der Waals surface area contributed by atoms with Gasteiger partial charge in [-0.3, -0.25) is 14.9 Å². The van der Waals surface area contributed by atoms with Crippen LogP contribution in [0.25, 0.3) is 6.08 Å². The van der Waals surface area contributed by atoms with Gasteiger partial charge in [-0.1, -0.05) is 48.7 Å². The molecule has 0 unspecified atom stereocenters. The number of hydrogen-bond donors (Lipinski definition) is 1. The molecular weight excluding hydrogens is 392 g/mol. The summed E-state index contributed by atoms with van der Waals surface area (Å²) in [5.41, 5.74) is 1.57. The summed E-state index contributed by atoms with van der Waals surface area (Å²) in [5, 5.41) is 2.49. The summed E-state index contributed by atoms with van der Waals surface area (Å²) in [7, 11) is 0. The van der Waals surface area contributed by atoms with Crippen molar-refractivity contribution in [1.29, 1.82) is 0 Å². The molecule has 0 aliphatic carbocycles. The molecule has 3 rings (SSSR count). The Morgan fingerprint density at radius 3 is 2.66 bits per heavy atom. The van der Waals surface area contributed by atoms with E-state index >= 15 is 0 Å². The van der Waals surface area contributed by atoms with Gasteiger partial charge in [0.2, 0.25) is 0 Å². The minimum Gasteiger partial charge on any atom is -0.479 e. The maximum atomic E-state index is 13.0. The zero-order valence-corrected chi connectivity index (χ0v) is 16.3. The Balaban J connectivity index is 1.98. The Bertz CT molecular complexity index is 1070. The minimum absolute atomic E-state index is 0.0644. The number of benzene rings is 2. The molecule has 2 aromatic carbocycles. The quantitative estimate of drug-likeness (QED) is 0.466. The van der Waals surface area contributed by atoms with E-state index in [1.807, 2.05) is 19.1 Å². The van der Waals surface area contributed by atoms with E-state index in [1.165, 1.54) is 6.08 Å². The molecule has 1 heterocycles. The molecule has 29 heavy (non-hydrogen) atoms. The van der Waals surface area contributed by atoms with Crippen LogP contribution in [0.1, 0.15) is 18.1 Å². The summed E-state index contributed by atoms with van der Waals surface area (Å²) in [6.07, 6.45) is 7.16. The van der Waals surface area contributed by atoms with E-state index < -0.39 is 17.8 Å². The molecule has 1 saturated heterocycles. The first-order valence-corrected chi connectivity index (χ1v) is 9.19. The smallest absolute Gasteiger partial charge is 0.335 e. The molecule has 2 aromatic rings. The van der Waals surface area contributed by atoms with Crippen LogP contribution >= 0.6 is 11.6 Å². The van der Waals surface area contributed by atoms with Gasteiger partial charge in [0, 0.05) is 0 Å². The van der Waals surface area contributed by atoms with Crippen LogP contribution < -0.4 is 15.0 Å². The molecule has 1 aliphatic rings. The molecule has 146 valence electrons. The van der Waals surface area contributed by atoms with Gasteiger partial charge in [-0.25, -0.2) is 9.69 Å². The third-order valence-corrected chi connectivity index (χ3v) is 4.59. The van der Waals surface area contributed by atoms with E-state index in [-0.39, 0.29) is 17.2 Å². The van der Waals surface area contributed by atoms with Gasteiger partial charge in [-0.05, 0) is 41.8 Å². The highest BCUT2D eigenvalue weighted by atomic mass is 35.5. The van der Waals surface area contributed by atoms with Crippen molar-refractivity contribution in [2.24, 2.45) is 0 Å². The van der Waals surface area contributed by atoms with Gasteiger partial charge in [0.25, 0.3) is 11.8 Å². The van der Waals surface area contributed by atoms with Crippen LogP contribution in [0, 0.1) is 12.3 Å². The van der Waals surface area contributed by atoms with Crippen molar-refractivity contribution < 1.29 is 19.1 Å². The summed E-state index contributed by atoms with van der Waals surface area (Å²) in [6, 6.07) is 11.0. The largest absolute Gasteiger partial charge is 0.479 e. The Labute approximate surface area is 173 Å². The first kappa shape index (κ1) is 20.2. The van der Waals surface area contributed by atoms with Crippen LogP contribution in [0.15, 0.2) is 48.0 Å². The van der Waals surface area contributed by atoms with E-state index in [2.05, 4.69) is 11.2 Å². The number of nitrogens with one attached hydrogen (secondary N) is 1. The summed E-state index contributed by atoms with van der Waals surface area (Å²) in [5.74, 6) is 1.26. The number of carbonyl (C=O) groups is 3. The fraction of sp³-hybridized carbons (Fsp3) is 0.136. The molecule has 0 radical (unpaired) electrons. The summed E-state index contributed by atoms with van der Waals surface area (Å²) in [6.45, 7) is 1.98. The number of para-hydroxylation sites is 1. The van der Waals surface area contributed by atoms with Gasteiger partial charge in [0.05, 0.1) is 10.7 Å². The number of aryl methyl sites for hydroxylation is 1. The van der Waals surface area contributed by atoms with Crippen LogP contribution in [0.2, 0.25) is 5.02 Å². The lowest BCUT2D eigenvalue weighted by Crippen LogP contribution is -2.54. The zero-order chi connectivity index (χ0) is 21.0. The molecule has 0 bridgehead atoms. The molecule has 7 heteroatoms. The Kier molecular flexibility index (Phi) is 6.01. The first-order valence-electron chi connectivity index (χ1n) is 8.81. The maximum absolute atomic E-state index is 13.0. The van der Waals surface area contributed by atoms with Gasteiger partial charge >= 0.3 is 6.03 Å². The third kappa shape index (κ3) is 4.15. The van der Waals surface area contributed by atoms with Gasteiger partial charge < -0.3 is 4.74 Å². The average molecular weight is 409 g/mol.